The van der Waals surface area contributed by atoms with Gasteiger partial charge < -0.3 is 10.1 Å². The van der Waals surface area contributed by atoms with Crippen LogP contribution in [-0.4, -0.2) is 24.2 Å². The van der Waals surface area contributed by atoms with Crippen LogP contribution in [0, 0.1) is 0 Å². The zero-order valence-corrected chi connectivity index (χ0v) is 20.6. The van der Waals surface area contributed by atoms with Crippen molar-refractivity contribution in [3.63, 3.8) is 0 Å². The van der Waals surface area contributed by atoms with Gasteiger partial charge in [0.05, 0.1) is 12.4 Å². The third-order valence-corrected chi connectivity index (χ3v) is 6.92. The molecule has 1 atom stereocenters. The van der Waals surface area contributed by atoms with Crippen molar-refractivity contribution in [2.24, 2.45) is 0 Å². The Morgan fingerprint density at radius 2 is 1.68 bits per heavy atom. The van der Waals surface area contributed by atoms with Crippen molar-refractivity contribution in [1.29, 1.82) is 0 Å². The first kappa shape index (κ1) is 24.0. The van der Waals surface area contributed by atoms with Crippen LogP contribution in [0.4, 0.5) is 11.4 Å². The molecule has 4 rings (SSSR count). The van der Waals surface area contributed by atoms with Gasteiger partial charge in [-0.1, -0.05) is 75.4 Å². The number of hydrogen-bond acceptors (Lipinski definition) is 4. The summed E-state index contributed by atoms with van der Waals surface area (Å²) >= 11 is 1.61. The van der Waals surface area contributed by atoms with Crippen LogP contribution in [0.2, 0.25) is 0 Å². The molecule has 0 radical (unpaired) electrons. The zero-order valence-electron chi connectivity index (χ0n) is 19.8. The highest BCUT2D eigenvalue weighted by atomic mass is 32.2. The highest BCUT2D eigenvalue weighted by Gasteiger charge is 2.34. The predicted molar refractivity (Wildman–Crippen MR) is 139 cm³/mol. The number of benzene rings is 3. The van der Waals surface area contributed by atoms with E-state index in [4.69, 9.17) is 4.74 Å². The fraction of sp³-hybridized carbons (Fsp3) is 0.286. The van der Waals surface area contributed by atoms with Crippen molar-refractivity contribution in [2.45, 2.75) is 38.2 Å². The molecule has 0 unspecified atom stereocenters. The molecule has 176 valence electrons. The monoisotopic (exact) mass is 474 g/mol. The van der Waals surface area contributed by atoms with Crippen LogP contribution in [0.3, 0.4) is 0 Å². The molecule has 1 fully saturated rings. The quantitative estimate of drug-likeness (QED) is 0.462. The molecule has 1 aliphatic heterocycles. The summed E-state index contributed by atoms with van der Waals surface area (Å²) in [4.78, 5) is 26.8. The van der Waals surface area contributed by atoms with E-state index in [1.54, 1.807) is 11.8 Å². The van der Waals surface area contributed by atoms with E-state index in [0.29, 0.717) is 18.0 Å². The summed E-state index contributed by atoms with van der Waals surface area (Å²) in [6, 6.07) is 25.7. The van der Waals surface area contributed by atoms with Gasteiger partial charge in [-0.3, -0.25) is 14.5 Å². The number of anilines is 2. The number of carbonyl (C=O) groups is 2. The minimum Gasteiger partial charge on any atom is -0.367 e. The standard InChI is InChI=1S/C28H30N2O3S/c1-28(2,3)22-11-15-24(16-12-22)30-26(32)19-34-27(30)21-9-13-23(14-10-21)29-25(31)18-33-17-20-7-5-4-6-8-20/h4-16,27H,17-19H2,1-3H3,(H,29,31)/t27-/m1/s1. The first-order chi connectivity index (χ1) is 16.3. The molecule has 3 aromatic carbocycles. The number of nitrogens with one attached hydrogen (secondary N) is 1. The molecular formula is C28H30N2O3S. The molecule has 2 amide bonds. The molecule has 34 heavy (non-hydrogen) atoms. The average Bonchev–Trinajstić information content (AvgIpc) is 3.21. The fourth-order valence-corrected chi connectivity index (χ4v) is 5.01. The molecule has 0 spiro atoms. The van der Waals surface area contributed by atoms with Crippen molar-refractivity contribution in [2.75, 3.05) is 22.6 Å². The summed E-state index contributed by atoms with van der Waals surface area (Å²) < 4.78 is 5.50. The summed E-state index contributed by atoms with van der Waals surface area (Å²) in [5.41, 5.74) is 4.96. The van der Waals surface area contributed by atoms with Crippen molar-refractivity contribution in [1.82, 2.24) is 0 Å². The Balaban J connectivity index is 1.37. The SMILES string of the molecule is CC(C)(C)c1ccc(N2C(=O)CS[C@@H]2c2ccc(NC(=O)COCc3ccccc3)cc2)cc1. The third kappa shape index (κ3) is 5.88. The molecular weight excluding hydrogens is 444 g/mol. The second-order valence-corrected chi connectivity index (χ2v) is 10.4. The van der Waals surface area contributed by atoms with E-state index in [-0.39, 0.29) is 29.2 Å². The third-order valence-electron chi connectivity index (χ3n) is 5.70. The number of rotatable bonds is 7. The zero-order chi connectivity index (χ0) is 24.1. The van der Waals surface area contributed by atoms with Crippen molar-refractivity contribution < 1.29 is 14.3 Å². The molecule has 3 aromatic rings. The van der Waals surface area contributed by atoms with Crippen LogP contribution in [0.25, 0.3) is 0 Å². The summed E-state index contributed by atoms with van der Waals surface area (Å²) in [6.45, 7) is 6.92. The van der Waals surface area contributed by atoms with Crippen molar-refractivity contribution >= 4 is 35.0 Å². The normalized spacial score (nSPS) is 16.0. The average molecular weight is 475 g/mol. The highest BCUT2D eigenvalue weighted by molar-refractivity contribution is 8.00. The molecule has 1 aliphatic rings. The Morgan fingerprint density at radius 3 is 2.32 bits per heavy atom. The van der Waals surface area contributed by atoms with Crippen LogP contribution in [0.5, 0.6) is 0 Å². The van der Waals surface area contributed by atoms with Crippen molar-refractivity contribution in [3.05, 3.63) is 95.6 Å². The van der Waals surface area contributed by atoms with E-state index < -0.39 is 0 Å². The number of hydrogen-bond donors (Lipinski definition) is 1. The summed E-state index contributed by atoms with van der Waals surface area (Å²) in [7, 11) is 0. The smallest absolute Gasteiger partial charge is 0.250 e. The van der Waals surface area contributed by atoms with E-state index in [1.807, 2.05) is 71.6 Å². The van der Waals surface area contributed by atoms with Gasteiger partial charge in [0.2, 0.25) is 11.8 Å². The van der Waals surface area contributed by atoms with Gasteiger partial charge in [-0.25, -0.2) is 0 Å². The Labute approximate surface area is 205 Å². The summed E-state index contributed by atoms with van der Waals surface area (Å²) in [5.74, 6) is 0.351. The number of nitrogens with zero attached hydrogens (tertiary/aromatic N) is 1. The van der Waals surface area contributed by atoms with E-state index in [1.165, 1.54) is 5.56 Å². The van der Waals surface area contributed by atoms with Gasteiger partial charge in [0.15, 0.2) is 0 Å². The van der Waals surface area contributed by atoms with Crippen molar-refractivity contribution in [3.8, 4) is 0 Å². The van der Waals surface area contributed by atoms with Crippen LogP contribution >= 0.6 is 11.8 Å². The fourth-order valence-electron chi connectivity index (χ4n) is 3.84. The molecule has 1 saturated heterocycles. The number of amides is 2. The van der Waals surface area contributed by atoms with E-state index >= 15 is 0 Å². The topological polar surface area (TPSA) is 58.6 Å². The largest absolute Gasteiger partial charge is 0.367 e. The van der Waals surface area contributed by atoms with Crippen LogP contribution in [0.15, 0.2) is 78.9 Å². The highest BCUT2D eigenvalue weighted by Crippen LogP contribution is 2.42. The van der Waals surface area contributed by atoms with Crippen LogP contribution in [-0.2, 0) is 26.3 Å². The lowest BCUT2D eigenvalue weighted by atomic mass is 9.87. The minimum atomic E-state index is -0.199. The second kappa shape index (κ2) is 10.5. The Hall–Kier alpha value is -3.09. The van der Waals surface area contributed by atoms with Gasteiger partial charge in [-0.15, -0.1) is 11.8 Å². The maximum absolute atomic E-state index is 12.7. The molecule has 0 saturated carbocycles. The van der Waals surface area contributed by atoms with Crippen LogP contribution in [0.1, 0.15) is 42.8 Å². The summed E-state index contributed by atoms with van der Waals surface area (Å²) in [6.07, 6.45) is 0. The van der Waals surface area contributed by atoms with Gasteiger partial charge in [0.1, 0.15) is 12.0 Å². The molecule has 0 aliphatic carbocycles. The Morgan fingerprint density at radius 1 is 1.00 bits per heavy atom. The maximum atomic E-state index is 12.7. The first-order valence-corrected chi connectivity index (χ1v) is 12.4. The van der Waals surface area contributed by atoms with E-state index in [0.717, 1.165) is 16.8 Å². The van der Waals surface area contributed by atoms with Gasteiger partial charge in [-0.2, -0.15) is 0 Å². The lowest BCUT2D eigenvalue weighted by Crippen LogP contribution is -2.28. The number of thioether (sulfide) groups is 1. The predicted octanol–water partition coefficient (Wildman–Crippen LogP) is 5.92. The maximum Gasteiger partial charge on any atom is 0.250 e. The summed E-state index contributed by atoms with van der Waals surface area (Å²) in [5, 5.41) is 2.78. The van der Waals surface area contributed by atoms with Gasteiger partial charge in [0, 0.05) is 11.4 Å². The minimum absolute atomic E-state index is 0.0119. The number of ether oxygens (including phenoxy) is 1. The van der Waals surface area contributed by atoms with E-state index in [2.05, 4.69) is 38.2 Å². The lowest BCUT2D eigenvalue weighted by Gasteiger charge is -2.26. The Kier molecular flexibility index (Phi) is 7.39. The van der Waals surface area contributed by atoms with Gasteiger partial charge in [-0.05, 0) is 46.4 Å². The Bertz CT molecular complexity index is 1120. The lowest BCUT2D eigenvalue weighted by molar-refractivity contribution is -0.121. The number of carbonyl (C=O) groups excluding carboxylic acids is 2. The first-order valence-electron chi connectivity index (χ1n) is 11.4. The molecule has 1 heterocycles. The molecule has 0 aromatic heterocycles. The van der Waals surface area contributed by atoms with E-state index in [9.17, 15) is 9.59 Å². The molecule has 0 bridgehead atoms. The second-order valence-electron chi connectivity index (χ2n) is 9.37. The molecule has 5 nitrogen and oxygen atoms in total. The molecule has 1 N–H and O–H groups in total. The van der Waals surface area contributed by atoms with Gasteiger partial charge >= 0.3 is 0 Å². The van der Waals surface area contributed by atoms with Crippen LogP contribution < -0.4 is 10.2 Å². The molecule has 6 heteroatoms. The van der Waals surface area contributed by atoms with Gasteiger partial charge in [0.25, 0.3) is 0 Å².